The van der Waals surface area contributed by atoms with Gasteiger partial charge >= 0.3 is 0 Å². The molecule has 1 aromatic heterocycles. The number of fused-ring (bicyclic) bond motifs is 1. The monoisotopic (exact) mass is 353 g/mol. The summed E-state index contributed by atoms with van der Waals surface area (Å²) in [4.78, 5) is 11.8. The molecule has 0 fully saturated rings. The lowest BCUT2D eigenvalue weighted by atomic mass is 10.0. The third kappa shape index (κ3) is 2.84. The summed E-state index contributed by atoms with van der Waals surface area (Å²) < 4.78 is 18.5. The number of aldehydes is 1. The first-order valence-corrected chi connectivity index (χ1v) is 8.52. The molecule has 0 atom stereocenters. The third-order valence-corrected chi connectivity index (χ3v) is 4.57. The Hall–Kier alpha value is -2.79. The van der Waals surface area contributed by atoms with E-state index in [0.29, 0.717) is 17.1 Å². The number of ether oxygens (including phenoxy) is 3. The molecule has 136 valence electrons. The van der Waals surface area contributed by atoms with E-state index in [9.17, 15) is 4.79 Å². The van der Waals surface area contributed by atoms with E-state index in [1.165, 1.54) is 0 Å². The lowest BCUT2D eigenvalue weighted by Crippen LogP contribution is -2.03. The van der Waals surface area contributed by atoms with Gasteiger partial charge in [-0.25, -0.2) is 0 Å². The number of hydrogen-bond acceptors (Lipinski definition) is 4. The van der Waals surface area contributed by atoms with Gasteiger partial charge in [-0.2, -0.15) is 0 Å². The fourth-order valence-corrected chi connectivity index (χ4v) is 3.53. The molecule has 1 heterocycles. The highest BCUT2D eigenvalue weighted by Gasteiger charge is 2.24. The topological polar surface area (TPSA) is 49.7 Å². The third-order valence-electron chi connectivity index (χ3n) is 4.57. The lowest BCUT2D eigenvalue weighted by Gasteiger charge is -2.14. The molecular formula is C21H23NO4. The van der Waals surface area contributed by atoms with Gasteiger partial charge < -0.3 is 18.8 Å². The van der Waals surface area contributed by atoms with Crippen LogP contribution in [0.3, 0.4) is 0 Å². The molecule has 0 unspecified atom stereocenters. The van der Waals surface area contributed by atoms with Crippen molar-refractivity contribution in [3.63, 3.8) is 0 Å². The van der Waals surface area contributed by atoms with Gasteiger partial charge in [0.05, 0.1) is 23.7 Å². The first kappa shape index (κ1) is 18.0. The standard InChI is InChI=1S/C21H23NO4/c1-5-16-18-20(22(2)19(16)14-9-7-6-8-10-14)15(12-23)11-17(25-4)21(18)26-13-24-3/h6-12H,5,13H2,1-4H3. The van der Waals surface area contributed by atoms with E-state index in [2.05, 4.69) is 23.6 Å². The van der Waals surface area contributed by atoms with Crippen molar-refractivity contribution < 1.29 is 19.0 Å². The normalized spacial score (nSPS) is 10.9. The Morgan fingerprint density at radius 1 is 1.15 bits per heavy atom. The van der Waals surface area contributed by atoms with Crippen LogP contribution in [0, 0.1) is 0 Å². The molecule has 5 heteroatoms. The summed E-state index contributed by atoms with van der Waals surface area (Å²) in [5, 5.41) is 0.896. The van der Waals surface area contributed by atoms with Gasteiger partial charge in [0.2, 0.25) is 0 Å². The van der Waals surface area contributed by atoms with E-state index in [1.54, 1.807) is 20.3 Å². The van der Waals surface area contributed by atoms with Crippen LogP contribution in [0.1, 0.15) is 22.8 Å². The Morgan fingerprint density at radius 2 is 1.88 bits per heavy atom. The van der Waals surface area contributed by atoms with Gasteiger partial charge in [-0.15, -0.1) is 0 Å². The molecule has 0 bridgehead atoms. The highest BCUT2D eigenvalue weighted by molar-refractivity contribution is 6.06. The zero-order chi connectivity index (χ0) is 18.7. The van der Waals surface area contributed by atoms with E-state index in [1.807, 2.05) is 25.2 Å². The fourth-order valence-electron chi connectivity index (χ4n) is 3.53. The molecule has 0 aliphatic carbocycles. The van der Waals surface area contributed by atoms with Crippen LogP contribution < -0.4 is 9.47 Å². The number of nitrogens with zero attached hydrogens (tertiary/aromatic N) is 1. The molecule has 0 saturated carbocycles. The average Bonchev–Trinajstić information content (AvgIpc) is 2.99. The van der Waals surface area contributed by atoms with Crippen molar-refractivity contribution in [3.8, 4) is 22.8 Å². The van der Waals surface area contributed by atoms with E-state index >= 15 is 0 Å². The SMILES string of the molecule is CCc1c(-c2ccccc2)n(C)c2c(C=O)cc(OC)c(OCOC)c12. The van der Waals surface area contributed by atoms with E-state index in [4.69, 9.17) is 14.2 Å². The van der Waals surface area contributed by atoms with Crippen molar-refractivity contribution in [2.45, 2.75) is 13.3 Å². The maximum atomic E-state index is 11.8. The number of aromatic nitrogens is 1. The maximum absolute atomic E-state index is 11.8. The minimum absolute atomic E-state index is 0.102. The Kier molecular flexibility index (Phi) is 5.28. The molecule has 0 amide bonds. The summed E-state index contributed by atoms with van der Waals surface area (Å²) >= 11 is 0. The van der Waals surface area contributed by atoms with Gasteiger partial charge in [-0.05, 0) is 23.6 Å². The molecule has 0 N–H and O–H groups in total. The van der Waals surface area contributed by atoms with Crippen molar-refractivity contribution >= 4 is 17.2 Å². The van der Waals surface area contributed by atoms with E-state index < -0.39 is 0 Å². The van der Waals surface area contributed by atoms with Crippen molar-refractivity contribution in [1.29, 1.82) is 0 Å². The van der Waals surface area contributed by atoms with Crippen LogP contribution in [-0.2, 0) is 18.2 Å². The molecule has 0 radical (unpaired) electrons. The minimum atomic E-state index is 0.102. The zero-order valence-electron chi connectivity index (χ0n) is 15.5. The molecule has 3 aromatic rings. The molecular weight excluding hydrogens is 330 g/mol. The molecule has 0 saturated heterocycles. The Labute approximate surface area is 153 Å². The number of benzene rings is 2. The average molecular weight is 353 g/mol. The Bertz CT molecular complexity index is 929. The molecule has 0 aliphatic heterocycles. The van der Waals surface area contributed by atoms with Crippen LogP contribution in [-0.4, -0.2) is 31.9 Å². The highest BCUT2D eigenvalue weighted by atomic mass is 16.7. The van der Waals surface area contributed by atoms with Crippen molar-refractivity contribution in [1.82, 2.24) is 4.57 Å². The van der Waals surface area contributed by atoms with Gasteiger partial charge in [-0.1, -0.05) is 37.3 Å². The molecule has 0 aliphatic rings. The number of rotatable bonds is 7. The van der Waals surface area contributed by atoms with Gasteiger partial charge in [0.25, 0.3) is 0 Å². The summed E-state index contributed by atoms with van der Waals surface area (Å²) in [6.45, 7) is 2.20. The summed E-state index contributed by atoms with van der Waals surface area (Å²) in [5.74, 6) is 1.13. The molecule has 5 nitrogen and oxygen atoms in total. The van der Waals surface area contributed by atoms with E-state index in [-0.39, 0.29) is 6.79 Å². The first-order chi connectivity index (χ1) is 12.7. The van der Waals surface area contributed by atoms with Crippen molar-refractivity contribution in [3.05, 3.63) is 47.5 Å². The number of carbonyl (C=O) groups excluding carboxylic acids is 1. The molecule has 3 rings (SSSR count). The van der Waals surface area contributed by atoms with Gasteiger partial charge in [0, 0.05) is 19.7 Å². The van der Waals surface area contributed by atoms with Gasteiger partial charge in [0.15, 0.2) is 24.6 Å². The van der Waals surface area contributed by atoms with Crippen molar-refractivity contribution in [2.24, 2.45) is 7.05 Å². The summed E-state index contributed by atoms with van der Waals surface area (Å²) in [7, 11) is 5.12. The lowest BCUT2D eigenvalue weighted by molar-refractivity contribution is 0.0503. The van der Waals surface area contributed by atoms with Crippen LogP contribution in [0.2, 0.25) is 0 Å². The zero-order valence-corrected chi connectivity index (χ0v) is 15.5. The van der Waals surface area contributed by atoms with Crippen LogP contribution in [0.25, 0.3) is 22.2 Å². The van der Waals surface area contributed by atoms with Crippen molar-refractivity contribution in [2.75, 3.05) is 21.0 Å². The predicted octanol–water partition coefficient (Wildman–Crippen LogP) is 4.21. The summed E-state index contributed by atoms with van der Waals surface area (Å²) in [6, 6.07) is 11.9. The quantitative estimate of drug-likeness (QED) is 0.472. The second kappa shape index (κ2) is 7.62. The summed E-state index contributed by atoms with van der Waals surface area (Å²) in [6.07, 6.45) is 1.65. The van der Waals surface area contributed by atoms with E-state index in [0.717, 1.165) is 40.4 Å². The number of methoxy groups -OCH3 is 2. The summed E-state index contributed by atoms with van der Waals surface area (Å²) in [5.41, 5.74) is 4.68. The maximum Gasteiger partial charge on any atom is 0.188 e. The minimum Gasteiger partial charge on any atom is -0.493 e. The fraction of sp³-hybridized carbons (Fsp3) is 0.286. The number of hydrogen-bond donors (Lipinski definition) is 0. The smallest absolute Gasteiger partial charge is 0.188 e. The number of carbonyl (C=O) groups is 1. The molecule has 0 spiro atoms. The van der Waals surface area contributed by atoms with Gasteiger partial charge in [0.1, 0.15) is 0 Å². The highest BCUT2D eigenvalue weighted by Crippen LogP contribution is 2.44. The first-order valence-electron chi connectivity index (χ1n) is 8.52. The Balaban J connectivity index is 2.45. The largest absolute Gasteiger partial charge is 0.493 e. The van der Waals surface area contributed by atoms with Crippen LogP contribution in [0.5, 0.6) is 11.5 Å². The molecule has 2 aromatic carbocycles. The predicted molar refractivity (Wildman–Crippen MR) is 102 cm³/mol. The second-order valence-corrected chi connectivity index (χ2v) is 6.00. The Morgan fingerprint density at radius 3 is 2.46 bits per heavy atom. The van der Waals surface area contributed by atoms with Crippen LogP contribution in [0.15, 0.2) is 36.4 Å². The molecule has 26 heavy (non-hydrogen) atoms. The van der Waals surface area contributed by atoms with Crippen LogP contribution >= 0.6 is 0 Å². The second-order valence-electron chi connectivity index (χ2n) is 6.00. The van der Waals surface area contributed by atoms with Gasteiger partial charge in [-0.3, -0.25) is 4.79 Å². The number of aryl methyl sites for hydroxylation is 2. The van der Waals surface area contributed by atoms with Crippen LogP contribution in [0.4, 0.5) is 0 Å².